The molecule has 1 atom stereocenters. The van der Waals surface area contributed by atoms with Gasteiger partial charge in [0.1, 0.15) is 5.75 Å². The number of nitrogens with two attached hydrogens (primary N) is 1. The van der Waals surface area contributed by atoms with E-state index in [0.29, 0.717) is 6.42 Å². The van der Waals surface area contributed by atoms with Crippen molar-refractivity contribution in [2.24, 2.45) is 5.73 Å². The van der Waals surface area contributed by atoms with Crippen molar-refractivity contribution in [3.05, 3.63) is 28.8 Å². The Bertz CT molecular complexity index is 453. The zero-order valence-corrected chi connectivity index (χ0v) is 12.4. The molecule has 0 bridgehead atoms. The van der Waals surface area contributed by atoms with Crippen LogP contribution in [0.5, 0.6) is 5.75 Å². The van der Waals surface area contributed by atoms with E-state index in [2.05, 4.69) is 5.32 Å². The molecule has 0 aromatic heterocycles. The van der Waals surface area contributed by atoms with E-state index in [1.165, 1.54) is 0 Å². The molecule has 0 radical (unpaired) electrons. The molecular formula is C15H24N2O2. The summed E-state index contributed by atoms with van der Waals surface area (Å²) in [4.78, 5) is 12.0. The van der Waals surface area contributed by atoms with Crippen molar-refractivity contribution >= 4 is 5.91 Å². The average molecular weight is 264 g/mol. The Balaban J connectivity index is 2.83. The molecule has 0 heterocycles. The van der Waals surface area contributed by atoms with Crippen LogP contribution in [0.15, 0.2) is 12.1 Å². The van der Waals surface area contributed by atoms with E-state index in [1.807, 2.05) is 34.6 Å². The minimum atomic E-state index is -0.582. The molecule has 106 valence electrons. The lowest BCUT2D eigenvalue weighted by molar-refractivity contribution is -0.123. The number of rotatable bonds is 3. The first-order chi connectivity index (χ1) is 8.60. The van der Waals surface area contributed by atoms with Crippen LogP contribution in [0.1, 0.15) is 37.5 Å². The fraction of sp³-hybridized carbons (Fsp3) is 0.533. The Morgan fingerprint density at radius 1 is 1.32 bits per heavy atom. The van der Waals surface area contributed by atoms with Crippen molar-refractivity contribution in [1.29, 1.82) is 0 Å². The summed E-state index contributed by atoms with van der Waals surface area (Å²) in [7, 11) is 0. The maximum atomic E-state index is 12.0. The lowest BCUT2D eigenvalue weighted by Gasteiger charge is -2.24. The molecular weight excluding hydrogens is 240 g/mol. The summed E-state index contributed by atoms with van der Waals surface area (Å²) < 4.78 is 0. The Kier molecular flexibility index (Phi) is 4.58. The number of phenolic OH excluding ortho intramolecular Hbond substituents is 1. The number of carbonyl (C=O) groups is 1. The maximum Gasteiger partial charge on any atom is 0.237 e. The van der Waals surface area contributed by atoms with Crippen molar-refractivity contribution in [3.63, 3.8) is 0 Å². The van der Waals surface area contributed by atoms with Gasteiger partial charge in [0.25, 0.3) is 0 Å². The highest BCUT2D eigenvalue weighted by molar-refractivity contribution is 5.82. The lowest BCUT2D eigenvalue weighted by atomic mass is 9.95. The maximum absolute atomic E-state index is 12.0. The summed E-state index contributed by atoms with van der Waals surface area (Å²) >= 11 is 0. The minimum absolute atomic E-state index is 0.153. The number of benzene rings is 1. The predicted octanol–water partition coefficient (Wildman–Crippen LogP) is 1.79. The molecule has 19 heavy (non-hydrogen) atoms. The van der Waals surface area contributed by atoms with Crippen LogP contribution >= 0.6 is 0 Å². The molecule has 1 aromatic rings. The van der Waals surface area contributed by atoms with E-state index in [1.54, 1.807) is 12.1 Å². The Morgan fingerprint density at radius 3 is 2.21 bits per heavy atom. The quantitative estimate of drug-likeness (QED) is 0.779. The second kappa shape index (κ2) is 5.61. The molecule has 1 rings (SSSR count). The summed E-state index contributed by atoms with van der Waals surface area (Å²) in [5.41, 5.74) is 8.61. The number of aryl methyl sites for hydroxylation is 2. The molecule has 0 unspecified atom stereocenters. The average Bonchev–Trinajstić information content (AvgIpc) is 2.20. The fourth-order valence-electron chi connectivity index (χ4n) is 2.07. The molecule has 0 aliphatic carbocycles. The second-order valence-corrected chi connectivity index (χ2v) is 6.11. The molecule has 0 aliphatic heterocycles. The van der Waals surface area contributed by atoms with Crippen LogP contribution in [0.2, 0.25) is 0 Å². The zero-order valence-electron chi connectivity index (χ0n) is 12.4. The number of carbonyl (C=O) groups excluding carboxylic acids is 1. The highest BCUT2D eigenvalue weighted by Crippen LogP contribution is 2.21. The van der Waals surface area contributed by atoms with Gasteiger partial charge >= 0.3 is 0 Å². The summed E-state index contributed by atoms with van der Waals surface area (Å²) in [5, 5.41) is 12.4. The topological polar surface area (TPSA) is 75.3 Å². The number of aromatic hydroxyl groups is 1. The molecule has 0 aliphatic rings. The lowest BCUT2D eigenvalue weighted by Crippen LogP contribution is -2.49. The highest BCUT2D eigenvalue weighted by Gasteiger charge is 2.21. The van der Waals surface area contributed by atoms with Gasteiger partial charge in [-0.2, -0.15) is 0 Å². The minimum Gasteiger partial charge on any atom is -0.508 e. The van der Waals surface area contributed by atoms with Gasteiger partial charge in [0.15, 0.2) is 0 Å². The Hall–Kier alpha value is -1.55. The van der Waals surface area contributed by atoms with Crippen LogP contribution in [0.25, 0.3) is 0 Å². The van der Waals surface area contributed by atoms with E-state index in [9.17, 15) is 9.90 Å². The second-order valence-electron chi connectivity index (χ2n) is 6.11. The standard InChI is InChI=1S/C15H24N2O2/c1-9-6-11(18)7-10(2)12(9)8-13(16)14(19)17-15(3,4)5/h6-7,13,18H,8,16H2,1-5H3,(H,17,19)/t13-/m0/s1. The zero-order chi connectivity index (χ0) is 14.8. The first kappa shape index (κ1) is 15.5. The molecule has 0 spiro atoms. The number of phenols is 1. The molecule has 0 saturated heterocycles. The molecule has 1 amide bonds. The molecule has 0 saturated carbocycles. The SMILES string of the molecule is Cc1cc(O)cc(C)c1C[C@H](N)C(=O)NC(C)(C)C. The first-order valence-electron chi connectivity index (χ1n) is 6.47. The third-order valence-corrected chi connectivity index (χ3v) is 2.94. The van der Waals surface area contributed by atoms with Gasteiger partial charge in [0.05, 0.1) is 6.04 Å². The third-order valence-electron chi connectivity index (χ3n) is 2.94. The van der Waals surface area contributed by atoms with Gasteiger partial charge in [-0.3, -0.25) is 4.79 Å². The van der Waals surface area contributed by atoms with E-state index >= 15 is 0 Å². The highest BCUT2D eigenvalue weighted by atomic mass is 16.3. The van der Waals surface area contributed by atoms with E-state index in [0.717, 1.165) is 16.7 Å². The normalized spacial score (nSPS) is 13.2. The molecule has 4 N–H and O–H groups in total. The number of hydrogen-bond donors (Lipinski definition) is 3. The number of nitrogens with one attached hydrogen (secondary N) is 1. The van der Waals surface area contributed by atoms with Gasteiger partial charge in [-0.1, -0.05) is 0 Å². The van der Waals surface area contributed by atoms with Crippen molar-refractivity contribution in [1.82, 2.24) is 5.32 Å². The van der Waals surface area contributed by atoms with Gasteiger partial charge in [-0.15, -0.1) is 0 Å². The van der Waals surface area contributed by atoms with E-state index < -0.39 is 6.04 Å². The van der Waals surface area contributed by atoms with Crippen LogP contribution in [-0.2, 0) is 11.2 Å². The molecule has 0 fully saturated rings. The Morgan fingerprint density at radius 2 is 1.79 bits per heavy atom. The van der Waals surface area contributed by atoms with Crippen LogP contribution < -0.4 is 11.1 Å². The van der Waals surface area contributed by atoms with E-state index in [4.69, 9.17) is 5.73 Å². The first-order valence-corrected chi connectivity index (χ1v) is 6.47. The van der Waals surface area contributed by atoms with Gasteiger partial charge in [-0.05, 0) is 69.9 Å². The third kappa shape index (κ3) is 4.56. The summed E-state index contributed by atoms with van der Waals surface area (Å²) in [5.74, 6) is 0.0887. The summed E-state index contributed by atoms with van der Waals surface area (Å²) in [6.45, 7) is 9.60. The van der Waals surface area contributed by atoms with Crippen LogP contribution in [0.3, 0.4) is 0 Å². The molecule has 1 aromatic carbocycles. The van der Waals surface area contributed by atoms with Gasteiger partial charge in [0, 0.05) is 5.54 Å². The van der Waals surface area contributed by atoms with Crippen molar-refractivity contribution in [3.8, 4) is 5.75 Å². The predicted molar refractivity (Wildman–Crippen MR) is 77.2 cm³/mol. The summed E-state index contributed by atoms with van der Waals surface area (Å²) in [6, 6.07) is 2.80. The van der Waals surface area contributed by atoms with Gasteiger partial charge in [-0.25, -0.2) is 0 Å². The van der Waals surface area contributed by atoms with Gasteiger partial charge < -0.3 is 16.2 Å². The summed E-state index contributed by atoms with van der Waals surface area (Å²) in [6.07, 6.45) is 0.472. The smallest absolute Gasteiger partial charge is 0.237 e. The van der Waals surface area contributed by atoms with Crippen LogP contribution in [-0.4, -0.2) is 22.6 Å². The van der Waals surface area contributed by atoms with Crippen molar-refractivity contribution in [2.75, 3.05) is 0 Å². The Labute approximate surface area is 115 Å². The molecule has 4 heteroatoms. The largest absolute Gasteiger partial charge is 0.508 e. The van der Waals surface area contributed by atoms with E-state index in [-0.39, 0.29) is 17.2 Å². The molecule has 4 nitrogen and oxygen atoms in total. The van der Waals surface area contributed by atoms with Crippen molar-refractivity contribution in [2.45, 2.75) is 52.6 Å². The van der Waals surface area contributed by atoms with Crippen molar-refractivity contribution < 1.29 is 9.90 Å². The monoisotopic (exact) mass is 264 g/mol. The fourth-order valence-corrected chi connectivity index (χ4v) is 2.07. The van der Waals surface area contributed by atoms with Crippen LogP contribution in [0, 0.1) is 13.8 Å². The number of hydrogen-bond acceptors (Lipinski definition) is 3. The van der Waals surface area contributed by atoms with Gasteiger partial charge in [0.2, 0.25) is 5.91 Å². The van der Waals surface area contributed by atoms with Crippen LogP contribution in [0.4, 0.5) is 0 Å². The number of amides is 1.